The number of aromatic hydroxyl groups is 1. The van der Waals surface area contributed by atoms with Crippen LogP contribution in [0.15, 0.2) is 48.6 Å². The third-order valence-corrected chi connectivity index (χ3v) is 5.02. The number of phenols is 1. The van der Waals surface area contributed by atoms with Crippen LogP contribution in [0.3, 0.4) is 0 Å². The monoisotopic (exact) mass is 342 g/mol. The first kappa shape index (κ1) is 19.5. The molecule has 1 N–H and O–H groups in total. The Morgan fingerprint density at radius 3 is 2.56 bits per heavy atom. The summed E-state index contributed by atoms with van der Waals surface area (Å²) in [4.78, 5) is 12.9. The van der Waals surface area contributed by atoms with Gasteiger partial charge in [0.15, 0.2) is 11.4 Å². The lowest BCUT2D eigenvalue weighted by molar-refractivity contribution is -0.135. The minimum Gasteiger partial charge on any atom is -0.508 e. The Kier molecular flexibility index (Phi) is 7.01. The van der Waals surface area contributed by atoms with Crippen molar-refractivity contribution >= 4 is 5.78 Å². The number of unbranched alkanes of at least 4 members (excludes halogenated alkanes) is 3. The summed E-state index contributed by atoms with van der Waals surface area (Å²) in [7, 11) is 1.59. The molecule has 1 atom stereocenters. The number of hydrogen-bond acceptors (Lipinski definition) is 3. The fraction of sp³-hybridized carbons (Fsp3) is 0.500. The number of carbonyl (C=O) groups excluding carboxylic acids is 1. The maximum atomic E-state index is 12.9. The van der Waals surface area contributed by atoms with E-state index in [2.05, 4.69) is 6.92 Å². The van der Waals surface area contributed by atoms with Crippen molar-refractivity contribution in [2.45, 2.75) is 57.5 Å². The molecule has 1 aromatic carbocycles. The molecule has 3 nitrogen and oxygen atoms in total. The van der Waals surface area contributed by atoms with Crippen LogP contribution in [0.25, 0.3) is 0 Å². The third kappa shape index (κ3) is 4.82. The zero-order chi connectivity index (χ0) is 18.3. The fourth-order valence-corrected chi connectivity index (χ4v) is 3.36. The number of methoxy groups -OCH3 is 1. The van der Waals surface area contributed by atoms with Gasteiger partial charge in [-0.3, -0.25) is 4.79 Å². The summed E-state index contributed by atoms with van der Waals surface area (Å²) in [6, 6.07) is 7.20. The number of Topliss-reactive ketones (excluding diaryl/α,β-unsaturated/α-hetero) is 1. The standard InChI is InChI=1S/C22H30O3/c1-4-5-6-7-9-17(2)21(24)22(25-3)14-12-18(13-15-22)19-10-8-11-20(23)16-19/h8,10-18,23H,4-7,9H2,1-3H3/t17-,18?,22?/m0/s1. The van der Waals surface area contributed by atoms with E-state index in [1.165, 1.54) is 19.3 Å². The van der Waals surface area contributed by atoms with Crippen molar-refractivity contribution in [3.05, 3.63) is 54.1 Å². The van der Waals surface area contributed by atoms with Crippen LogP contribution >= 0.6 is 0 Å². The molecule has 1 aromatic rings. The van der Waals surface area contributed by atoms with Crippen LogP contribution in [0.2, 0.25) is 0 Å². The maximum Gasteiger partial charge on any atom is 0.175 e. The molecular formula is C22H30O3. The van der Waals surface area contributed by atoms with Gasteiger partial charge < -0.3 is 9.84 Å². The average molecular weight is 342 g/mol. The zero-order valence-corrected chi connectivity index (χ0v) is 15.6. The molecule has 0 saturated carbocycles. The van der Waals surface area contributed by atoms with Gasteiger partial charge in [0.25, 0.3) is 0 Å². The van der Waals surface area contributed by atoms with Crippen molar-refractivity contribution in [2.75, 3.05) is 7.11 Å². The first-order valence-corrected chi connectivity index (χ1v) is 9.29. The van der Waals surface area contributed by atoms with E-state index in [1.807, 2.05) is 43.4 Å². The van der Waals surface area contributed by atoms with Gasteiger partial charge in [0.1, 0.15) is 5.75 Å². The normalized spacial score (nSPS) is 23.6. The van der Waals surface area contributed by atoms with Crippen LogP contribution in [-0.2, 0) is 9.53 Å². The zero-order valence-electron chi connectivity index (χ0n) is 15.6. The van der Waals surface area contributed by atoms with Gasteiger partial charge in [0, 0.05) is 18.9 Å². The molecule has 0 amide bonds. The molecule has 0 aromatic heterocycles. The predicted octanol–water partition coefficient (Wildman–Crippen LogP) is 5.16. The van der Waals surface area contributed by atoms with Gasteiger partial charge in [0.05, 0.1) is 0 Å². The third-order valence-electron chi connectivity index (χ3n) is 5.02. The molecule has 0 heterocycles. The van der Waals surface area contributed by atoms with Crippen LogP contribution in [0, 0.1) is 5.92 Å². The number of ether oxygens (including phenoxy) is 1. The molecule has 0 bridgehead atoms. The number of carbonyl (C=O) groups is 1. The van der Waals surface area contributed by atoms with Crippen LogP contribution in [0.4, 0.5) is 0 Å². The van der Waals surface area contributed by atoms with E-state index in [9.17, 15) is 9.90 Å². The molecule has 136 valence electrons. The lowest BCUT2D eigenvalue weighted by atomic mass is 9.81. The van der Waals surface area contributed by atoms with E-state index in [4.69, 9.17) is 4.74 Å². The van der Waals surface area contributed by atoms with Crippen LogP contribution in [0.1, 0.15) is 57.4 Å². The molecule has 3 heteroatoms. The van der Waals surface area contributed by atoms with Gasteiger partial charge in [-0.15, -0.1) is 0 Å². The van der Waals surface area contributed by atoms with Gasteiger partial charge in [0.2, 0.25) is 0 Å². The predicted molar refractivity (Wildman–Crippen MR) is 102 cm³/mol. The van der Waals surface area contributed by atoms with E-state index < -0.39 is 5.60 Å². The van der Waals surface area contributed by atoms with Crippen molar-refractivity contribution in [2.24, 2.45) is 5.92 Å². The second kappa shape index (κ2) is 9.00. The Morgan fingerprint density at radius 1 is 1.24 bits per heavy atom. The minimum absolute atomic E-state index is 0.0246. The van der Waals surface area contributed by atoms with E-state index in [0.29, 0.717) is 0 Å². The number of benzene rings is 1. The number of phenolic OH excluding ortho intramolecular Hbond substituents is 1. The average Bonchev–Trinajstić information content (AvgIpc) is 2.64. The molecule has 0 aliphatic heterocycles. The molecule has 0 spiro atoms. The Balaban J connectivity index is 2.05. The molecule has 0 saturated heterocycles. The highest BCUT2D eigenvalue weighted by Crippen LogP contribution is 2.32. The van der Waals surface area contributed by atoms with Gasteiger partial charge in [-0.05, 0) is 36.3 Å². The van der Waals surface area contributed by atoms with E-state index in [-0.39, 0.29) is 23.4 Å². The lowest BCUT2D eigenvalue weighted by Gasteiger charge is -2.31. The van der Waals surface area contributed by atoms with E-state index >= 15 is 0 Å². The summed E-state index contributed by atoms with van der Waals surface area (Å²) in [5.41, 5.74) is 0.0367. The molecule has 1 aliphatic carbocycles. The molecule has 0 radical (unpaired) electrons. The SMILES string of the molecule is CCCCCC[C@H](C)C(=O)C1(OC)C=CC(c2cccc(O)c2)C=C1. The molecule has 0 fully saturated rings. The Morgan fingerprint density at radius 2 is 1.96 bits per heavy atom. The van der Waals surface area contributed by atoms with Crippen LogP contribution in [0.5, 0.6) is 5.75 Å². The summed E-state index contributed by atoms with van der Waals surface area (Å²) >= 11 is 0. The molecule has 0 unspecified atom stereocenters. The molecule has 1 aliphatic rings. The van der Waals surface area contributed by atoms with Gasteiger partial charge in [-0.1, -0.05) is 63.8 Å². The quantitative estimate of drug-likeness (QED) is 0.498. The summed E-state index contributed by atoms with van der Waals surface area (Å²) in [6.07, 6.45) is 13.3. The fourth-order valence-electron chi connectivity index (χ4n) is 3.36. The van der Waals surface area contributed by atoms with Crippen molar-refractivity contribution < 1.29 is 14.6 Å². The largest absolute Gasteiger partial charge is 0.508 e. The number of hydrogen-bond donors (Lipinski definition) is 1. The van der Waals surface area contributed by atoms with Gasteiger partial charge >= 0.3 is 0 Å². The highest BCUT2D eigenvalue weighted by Gasteiger charge is 2.37. The Bertz CT molecular complexity index is 616. The summed E-state index contributed by atoms with van der Waals surface area (Å²) in [6.45, 7) is 4.19. The first-order chi connectivity index (χ1) is 12.0. The summed E-state index contributed by atoms with van der Waals surface area (Å²) < 4.78 is 5.62. The Hall–Kier alpha value is -1.87. The summed E-state index contributed by atoms with van der Waals surface area (Å²) in [5.74, 6) is 0.388. The molecular weight excluding hydrogens is 312 g/mol. The highest BCUT2D eigenvalue weighted by atomic mass is 16.5. The van der Waals surface area contributed by atoms with Crippen molar-refractivity contribution in [1.82, 2.24) is 0 Å². The first-order valence-electron chi connectivity index (χ1n) is 9.29. The van der Waals surface area contributed by atoms with Crippen molar-refractivity contribution in [1.29, 1.82) is 0 Å². The van der Waals surface area contributed by atoms with Crippen LogP contribution < -0.4 is 0 Å². The Labute approximate surface area is 151 Å². The maximum absolute atomic E-state index is 12.9. The van der Waals surface area contributed by atoms with Crippen molar-refractivity contribution in [3.8, 4) is 5.75 Å². The lowest BCUT2D eigenvalue weighted by Crippen LogP contribution is -2.41. The second-order valence-corrected chi connectivity index (χ2v) is 6.95. The second-order valence-electron chi connectivity index (χ2n) is 6.95. The van der Waals surface area contributed by atoms with E-state index in [0.717, 1.165) is 18.4 Å². The van der Waals surface area contributed by atoms with Gasteiger partial charge in [-0.2, -0.15) is 0 Å². The number of rotatable bonds is 9. The topological polar surface area (TPSA) is 46.5 Å². The van der Waals surface area contributed by atoms with Gasteiger partial charge in [-0.25, -0.2) is 0 Å². The highest BCUT2D eigenvalue weighted by molar-refractivity contribution is 5.93. The van der Waals surface area contributed by atoms with Crippen molar-refractivity contribution in [3.63, 3.8) is 0 Å². The summed E-state index contributed by atoms with van der Waals surface area (Å²) in [5, 5.41) is 9.65. The number of allylic oxidation sites excluding steroid dienone is 2. The minimum atomic E-state index is -0.961. The molecule has 25 heavy (non-hydrogen) atoms. The van der Waals surface area contributed by atoms with Crippen LogP contribution in [-0.4, -0.2) is 23.6 Å². The molecule has 2 rings (SSSR count). The van der Waals surface area contributed by atoms with E-state index in [1.54, 1.807) is 19.2 Å². The number of ketones is 1. The smallest absolute Gasteiger partial charge is 0.175 e.